The fourth-order valence-electron chi connectivity index (χ4n) is 4.34. The fourth-order valence-corrected chi connectivity index (χ4v) is 4.34. The zero-order valence-electron chi connectivity index (χ0n) is 23.3. The quantitative estimate of drug-likeness (QED) is 0.178. The molecule has 0 aliphatic carbocycles. The van der Waals surface area contributed by atoms with Crippen molar-refractivity contribution in [3.8, 4) is 23.5 Å². The Morgan fingerprint density at radius 3 is 1.69 bits per heavy atom. The number of anilines is 1. The average molecular weight is 583 g/mol. The van der Waals surface area contributed by atoms with Gasteiger partial charge in [0.25, 0.3) is 0 Å². The van der Waals surface area contributed by atoms with Crippen LogP contribution in [-0.2, 0) is 22.6 Å². The summed E-state index contributed by atoms with van der Waals surface area (Å²) in [6.45, 7) is 4.38. The van der Waals surface area contributed by atoms with E-state index in [9.17, 15) is 31.1 Å². The third-order valence-corrected chi connectivity index (χ3v) is 6.65. The first kappa shape index (κ1) is 31.9. The lowest BCUT2D eigenvalue weighted by atomic mass is 9.81. The Morgan fingerprint density at radius 2 is 1.24 bits per heavy atom. The molecule has 0 atom stereocenters. The van der Waals surface area contributed by atoms with Crippen LogP contribution < -0.4 is 4.90 Å². The van der Waals surface area contributed by atoms with E-state index >= 15 is 0 Å². The predicted molar refractivity (Wildman–Crippen MR) is 152 cm³/mol. The molecule has 1 amide bonds. The second-order valence-corrected chi connectivity index (χ2v) is 9.95. The van der Waals surface area contributed by atoms with Crippen LogP contribution in [-0.4, -0.2) is 17.9 Å². The van der Waals surface area contributed by atoms with Gasteiger partial charge in [0.2, 0.25) is 5.91 Å². The molecule has 0 saturated heterocycles. The van der Waals surface area contributed by atoms with E-state index in [-0.39, 0.29) is 17.4 Å². The van der Waals surface area contributed by atoms with Gasteiger partial charge in [-0.15, -0.1) is 6.42 Å². The maximum absolute atomic E-state index is 13.7. The minimum absolute atomic E-state index is 0.0294. The molecule has 0 N–H and O–H groups in total. The molecular formula is C33H28F6N2O. The monoisotopic (exact) mass is 582 g/mol. The van der Waals surface area contributed by atoms with Gasteiger partial charge in [-0.1, -0.05) is 60.7 Å². The number of amides is 1. The normalized spacial score (nSPS) is 11.6. The van der Waals surface area contributed by atoms with Crippen molar-refractivity contribution in [1.82, 2.24) is 4.98 Å². The molecule has 3 aromatic carbocycles. The molecule has 0 saturated carbocycles. The van der Waals surface area contributed by atoms with Crippen molar-refractivity contribution in [3.63, 3.8) is 0 Å². The second kappa shape index (κ2) is 12.5. The molecule has 0 unspecified atom stereocenters. The Labute approximate surface area is 240 Å². The lowest BCUT2D eigenvalue weighted by molar-refractivity contribution is -0.143. The molecular weight excluding hydrogens is 554 g/mol. The number of benzene rings is 3. The first-order valence-corrected chi connectivity index (χ1v) is 12.7. The Bertz CT molecular complexity index is 1530. The minimum Gasteiger partial charge on any atom is -0.312 e. The topological polar surface area (TPSA) is 33.2 Å². The number of hydrogen-bond acceptors (Lipinski definition) is 2. The highest BCUT2D eigenvalue weighted by molar-refractivity contribution is 6.04. The van der Waals surface area contributed by atoms with Crippen LogP contribution in [0.3, 0.4) is 0 Å². The van der Waals surface area contributed by atoms with Gasteiger partial charge in [-0.3, -0.25) is 4.79 Å². The van der Waals surface area contributed by atoms with Gasteiger partial charge in [-0.05, 0) is 67.6 Å². The third-order valence-electron chi connectivity index (χ3n) is 6.65. The summed E-state index contributed by atoms with van der Waals surface area (Å²) in [7, 11) is 1.36. The smallest absolute Gasteiger partial charge is 0.312 e. The van der Waals surface area contributed by atoms with Gasteiger partial charge >= 0.3 is 12.4 Å². The van der Waals surface area contributed by atoms with E-state index < -0.39 is 40.4 Å². The highest BCUT2D eigenvalue weighted by Gasteiger charge is 2.41. The van der Waals surface area contributed by atoms with Crippen molar-refractivity contribution in [1.29, 1.82) is 0 Å². The molecule has 4 aromatic rings. The minimum atomic E-state index is -5.04. The Kier molecular flexibility index (Phi) is 9.52. The summed E-state index contributed by atoms with van der Waals surface area (Å²) in [5, 5.41) is 0. The third kappa shape index (κ3) is 7.19. The number of aryl methyl sites for hydroxylation is 1. The SMILES string of the molecule is C#Cc1nccc(-c2ccccc2C)c1N(C)C(=O)C(C)(C)c1cc(C(F)(F)F)cc(C(F)(F)F)c1.c1ccccc1. The van der Waals surface area contributed by atoms with E-state index in [4.69, 9.17) is 6.42 Å². The molecule has 4 rings (SSSR count). The van der Waals surface area contributed by atoms with Gasteiger partial charge < -0.3 is 4.90 Å². The van der Waals surface area contributed by atoms with Crippen molar-refractivity contribution in [2.24, 2.45) is 0 Å². The van der Waals surface area contributed by atoms with Gasteiger partial charge in [-0.2, -0.15) is 26.3 Å². The van der Waals surface area contributed by atoms with E-state index in [0.29, 0.717) is 17.7 Å². The zero-order chi connectivity index (χ0) is 31.3. The van der Waals surface area contributed by atoms with Crippen molar-refractivity contribution in [3.05, 3.63) is 119 Å². The molecule has 0 radical (unpaired) electrons. The number of nitrogens with zero attached hydrogens (tertiary/aromatic N) is 2. The molecule has 1 aromatic heterocycles. The van der Waals surface area contributed by atoms with Crippen molar-refractivity contribution in [2.75, 3.05) is 11.9 Å². The number of pyridine rings is 1. The molecule has 0 aliphatic heterocycles. The summed E-state index contributed by atoms with van der Waals surface area (Å²) in [6, 6.07) is 22.1. The second-order valence-electron chi connectivity index (χ2n) is 9.95. The number of carbonyl (C=O) groups is 1. The van der Waals surface area contributed by atoms with Crippen LogP contribution in [0.5, 0.6) is 0 Å². The highest BCUT2D eigenvalue weighted by atomic mass is 19.4. The first-order chi connectivity index (χ1) is 19.6. The van der Waals surface area contributed by atoms with Crippen molar-refractivity contribution < 1.29 is 31.1 Å². The summed E-state index contributed by atoms with van der Waals surface area (Å²) in [6.07, 6.45) is -2.99. The Morgan fingerprint density at radius 1 is 0.762 bits per heavy atom. The molecule has 218 valence electrons. The summed E-state index contributed by atoms with van der Waals surface area (Å²) < 4.78 is 80.6. The number of terminal acetylenes is 1. The summed E-state index contributed by atoms with van der Waals surface area (Å²) >= 11 is 0. The van der Waals surface area contributed by atoms with Crippen LogP contribution in [0.2, 0.25) is 0 Å². The predicted octanol–water partition coefficient (Wildman–Crippen LogP) is 8.70. The molecule has 0 bridgehead atoms. The lowest BCUT2D eigenvalue weighted by Gasteiger charge is -2.32. The number of alkyl halides is 6. The number of halogens is 6. The summed E-state index contributed by atoms with van der Waals surface area (Å²) in [5.74, 6) is 1.64. The summed E-state index contributed by atoms with van der Waals surface area (Å²) in [5.41, 5.74) is -2.77. The van der Waals surface area contributed by atoms with Gasteiger partial charge in [-0.25, -0.2) is 4.98 Å². The maximum atomic E-state index is 13.7. The van der Waals surface area contributed by atoms with Crippen LogP contribution in [0, 0.1) is 19.3 Å². The van der Waals surface area contributed by atoms with Crippen molar-refractivity contribution >= 4 is 11.6 Å². The maximum Gasteiger partial charge on any atom is 0.416 e. The number of aromatic nitrogens is 1. The van der Waals surface area contributed by atoms with Gasteiger partial charge in [0.05, 0.1) is 22.2 Å². The zero-order valence-corrected chi connectivity index (χ0v) is 23.3. The van der Waals surface area contributed by atoms with Gasteiger partial charge in [0.1, 0.15) is 5.69 Å². The molecule has 0 fully saturated rings. The first-order valence-electron chi connectivity index (χ1n) is 12.7. The number of likely N-dealkylation sites (N-methyl/N-ethyl adjacent to an activating group) is 1. The van der Waals surface area contributed by atoms with E-state index in [1.165, 1.54) is 27.1 Å². The Hall–Kier alpha value is -4.58. The van der Waals surface area contributed by atoms with Crippen LogP contribution in [0.15, 0.2) is 91.1 Å². The molecule has 0 aliphatic rings. The number of rotatable bonds is 4. The molecule has 0 spiro atoms. The van der Waals surface area contributed by atoms with E-state index in [0.717, 1.165) is 16.0 Å². The van der Waals surface area contributed by atoms with E-state index in [2.05, 4.69) is 10.9 Å². The average Bonchev–Trinajstić information content (AvgIpc) is 2.96. The van der Waals surface area contributed by atoms with Crippen LogP contribution in [0.4, 0.5) is 32.0 Å². The molecule has 42 heavy (non-hydrogen) atoms. The van der Waals surface area contributed by atoms with Crippen LogP contribution in [0.1, 0.15) is 41.8 Å². The highest BCUT2D eigenvalue weighted by Crippen LogP contribution is 2.41. The Balaban J connectivity index is 0.000000715. The van der Waals surface area contributed by atoms with Crippen molar-refractivity contribution in [2.45, 2.75) is 38.5 Å². The van der Waals surface area contributed by atoms with E-state index in [1.54, 1.807) is 18.2 Å². The van der Waals surface area contributed by atoms with Gasteiger partial charge in [0.15, 0.2) is 0 Å². The molecule has 9 heteroatoms. The molecule has 1 heterocycles. The number of hydrogen-bond donors (Lipinski definition) is 0. The standard InChI is InChI=1S/C27H22F6N2O.C6H6/c1-6-22-23(21(11-12-34-22)20-10-8-7-9-16(20)2)35(5)24(36)25(3,4)17-13-18(26(28,29)30)15-19(14-17)27(31,32)33;1-2-4-6-5-3-1/h1,7-15H,2-5H3;1-6H. The van der Waals surface area contributed by atoms with Crippen LogP contribution >= 0.6 is 0 Å². The summed E-state index contributed by atoms with van der Waals surface area (Å²) in [4.78, 5) is 19.0. The molecule has 3 nitrogen and oxygen atoms in total. The van der Waals surface area contributed by atoms with E-state index in [1.807, 2.05) is 55.5 Å². The number of carbonyl (C=O) groups excluding carboxylic acids is 1. The van der Waals surface area contributed by atoms with Gasteiger partial charge in [0, 0.05) is 18.8 Å². The fraction of sp³-hybridized carbons (Fsp3) is 0.212. The largest absolute Gasteiger partial charge is 0.416 e. The lowest BCUT2D eigenvalue weighted by Crippen LogP contribution is -2.42. The van der Waals surface area contributed by atoms with Crippen LogP contribution in [0.25, 0.3) is 11.1 Å².